The number of nitrogens with zero attached hydrogens (tertiary/aromatic N) is 2. The predicted octanol–water partition coefficient (Wildman–Crippen LogP) is 2.58. The molecule has 0 amide bonds. The van der Waals surface area contributed by atoms with Crippen molar-refractivity contribution in [2.75, 3.05) is 25.3 Å². The molecule has 0 unspecified atom stereocenters. The first kappa shape index (κ1) is 13.4. The fraction of sp³-hybridized carbons (Fsp3) is 0.167. The smallest absolute Gasteiger partial charge is 0.204 e. The van der Waals surface area contributed by atoms with Gasteiger partial charge in [-0.1, -0.05) is 0 Å². The second-order valence-electron chi connectivity index (χ2n) is 3.62. The van der Waals surface area contributed by atoms with E-state index in [0.717, 1.165) is 10.2 Å². The van der Waals surface area contributed by atoms with Crippen molar-refractivity contribution >= 4 is 33.3 Å². The fourth-order valence-electron chi connectivity index (χ4n) is 1.55. The highest BCUT2D eigenvalue weighted by molar-refractivity contribution is 9.10. The van der Waals surface area contributed by atoms with Crippen LogP contribution >= 0.6 is 15.9 Å². The summed E-state index contributed by atoms with van der Waals surface area (Å²) in [6, 6.07) is 5.59. The molecule has 0 atom stereocenters. The Bertz CT molecular complexity index is 592. The molecule has 100 valence electrons. The minimum atomic E-state index is 0.282. The second-order valence-corrected chi connectivity index (χ2v) is 4.47. The second kappa shape index (κ2) is 5.75. The Hall–Kier alpha value is -2.02. The molecule has 6 nitrogen and oxygen atoms in total. The zero-order chi connectivity index (χ0) is 13.8. The lowest BCUT2D eigenvalue weighted by Gasteiger charge is -2.12. The molecule has 0 bridgehead atoms. The molecule has 0 fully saturated rings. The van der Waals surface area contributed by atoms with Crippen molar-refractivity contribution in [1.82, 2.24) is 9.97 Å². The van der Waals surface area contributed by atoms with Crippen LogP contribution in [0.25, 0.3) is 0 Å². The number of hydrogen-bond acceptors (Lipinski definition) is 6. The first-order valence-corrected chi connectivity index (χ1v) is 6.20. The lowest BCUT2D eigenvalue weighted by Crippen LogP contribution is -2.02. The van der Waals surface area contributed by atoms with Crippen molar-refractivity contribution in [1.29, 1.82) is 0 Å². The lowest BCUT2D eigenvalue weighted by atomic mass is 10.3. The number of ether oxygens (including phenoxy) is 2. The summed E-state index contributed by atoms with van der Waals surface area (Å²) in [6.45, 7) is 0. The van der Waals surface area contributed by atoms with E-state index < -0.39 is 0 Å². The molecule has 3 N–H and O–H groups in total. The number of benzene rings is 1. The van der Waals surface area contributed by atoms with Crippen molar-refractivity contribution < 1.29 is 9.47 Å². The van der Waals surface area contributed by atoms with Gasteiger partial charge in [-0.3, -0.25) is 0 Å². The molecule has 2 aromatic rings. The van der Waals surface area contributed by atoms with Crippen LogP contribution in [0.3, 0.4) is 0 Å². The van der Waals surface area contributed by atoms with E-state index in [-0.39, 0.29) is 5.82 Å². The number of nitrogens with one attached hydrogen (secondary N) is 1. The van der Waals surface area contributed by atoms with Gasteiger partial charge in [0.25, 0.3) is 0 Å². The Kier molecular flexibility index (Phi) is 4.06. The van der Waals surface area contributed by atoms with E-state index in [1.807, 2.05) is 18.2 Å². The number of methoxy groups -OCH3 is 2. The summed E-state index contributed by atoms with van der Waals surface area (Å²) in [5, 5.41) is 3.11. The Labute approximate surface area is 119 Å². The average molecular weight is 325 g/mol. The largest absolute Gasteiger partial charge is 0.495 e. The van der Waals surface area contributed by atoms with Crippen LogP contribution in [0.5, 0.6) is 11.5 Å². The monoisotopic (exact) mass is 324 g/mol. The van der Waals surface area contributed by atoms with Crippen LogP contribution in [0, 0.1) is 0 Å². The van der Waals surface area contributed by atoms with Gasteiger partial charge in [0.05, 0.1) is 18.7 Å². The maximum absolute atomic E-state index is 5.72. The standard InChI is InChI=1S/C12H13BrN4O2/c1-18-9-5-7(3-4-8(9)13)17-12-10(19-2)11(14)15-6-16-12/h3-6H,1-2H3,(H3,14,15,16,17). The van der Waals surface area contributed by atoms with Crippen LogP contribution in [0.4, 0.5) is 17.3 Å². The number of nitrogens with two attached hydrogens (primary N) is 1. The van der Waals surface area contributed by atoms with Crippen molar-refractivity contribution in [2.24, 2.45) is 0 Å². The van der Waals surface area contributed by atoms with E-state index in [2.05, 4.69) is 31.2 Å². The molecule has 2 rings (SSSR count). The number of anilines is 3. The maximum Gasteiger partial charge on any atom is 0.204 e. The summed E-state index contributed by atoms with van der Waals surface area (Å²) in [5.41, 5.74) is 6.52. The zero-order valence-electron chi connectivity index (χ0n) is 10.5. The van der Waals surface area contributed by atoms with Crippen LogP contribution in [0.2, 0.25) is 0 Å². The summed E-state index contributed by atoms with van der Waals surface area (Å²) in [7, 11) is 3.12. The maximum atomic E-state index is 5.72. The Morgan fingerprint density at radius 3 is 2.68 bits per heavy atom. The predicted molar refractivity (Wildman–Crippen MR) is 77.0 cm³/mol. The van der Waals surface area contributed by atoms with Gasteiger partial charge in [0.2, 0.25) is 5.75 Å². The van der Waals surface area contributed by atoms with Crippen LogP contribution in [-0.4, -0.2) is 24.2 Å². The molecular weight excluding hydrogens is 312 g/mol. The third-order valence-electron chi connectivity index (χ3n) is 2.45. The molecule has 1 aromatic carbocycles. The highest BCUT2D eigenvalue weighted by Crippen LogP contribution is 2.32. The lowest BCUT2D eigenvalue weighted by molar-refractivity contribution is 0.412. The molecule has 1 aromatic heterocycles. The molecule has 0 aliphatic carbocycles. The van der Waals surface area contributed by atoms with Gasteiger partial charge in [-0.25, -0.2) is 9.97 Å². The topological polar surface area (TPSA) is 82.3 Å². The summed E-state index contributed by atoms with van der Waals surface area (Å²) >= 11 is 3.39. The molecule has 0 saturated heterocycles. The number of halogens is 1. The Morgan fingerprint density at radius 2 is 2.00 bits per heavy atom. The summed E-state index contributed by atoms with van der Waals surface area (Å²) in [5.74, 6) is 1.90. The first-order chi connectivity index (χ1) is 9.15. The number of aromatic nitrogens is 2. The van der Waals surface area contributed by atoms with Crippen LogP contribution in [0.1, 0.15) is 0 Å². The van der Waals surface area contributed by atoms with Gasteiger partial charge < -0.3 is 20.5 Å². The van der Waals surface area contributed by atoms with Crippen molar-refractivity contribution in [3.63, 3.8) is 0 Å². The Morgan fingerprint density at radius 1 is 1.21 bits per heavy atom. The number of hydrogen-bond donors (Lipinski definition) is 2. The SMILES string of the molecule is COc1cc(Nc2ncnc(N)c2OC)ccc1Br. The fourth-order valence-corrected chi connectivity index (χ4v) is 1.96. The molecule has 19 heavy (non-hydrogen) atoms. The Balaban J connectivity index is 2.33. The third kappa shape index (κ3) is 2.87. The molecule has 7 heteroatoms. The van der Waals surface area contributed by atoms with Gasteiger partial charge in [0.1, 0.15) is 12.1 Å². The quantitative estimate of drug-likeness (QED) is 0.899. The number of nitrogen functional groups attached to an aromatic ring is 1. The van der Waals surface area contributed by atoms with Gasteiger partial charge >= 0.3 is 0 Å². The highest BCUT2D eigenvalue weighted by Gasteiger charge is 2.10. The normalized spacial score (nSPS) is 10.1. The van der Waals surface area contributed by atoms with E-state index in [1.54, 1.807) is 7.11 Å². The molecule has 0 spiro atoms. The summed E-state index contributed by atoms with van der Waals surface area (Å²) in [6.07, 6.45) is 1.37. The number of rotatable bonds is 4. The minimum absolute atomic E-state index is 0.282. The molecule has 0 aliphatic rings. The average Bonchev–Trinajstić information content (AvgIpc) is 2.41. The van der Waals surface area contributed by atoms with Crippen molar-refractivity contribution in [2.45, 2.75) is 0 Å². The van der Waals surface area contributed by atoms with E-state index in [9.17, 15) is 0 Å². The van der Waals surface area contributed by atoms with Crippen LogP contribution < -0.4 is 20.5 Å². The van der Waals surface area contributed by atoms with Crippen LogP contribution in [0.15, 0.2) is 29.0 Å². The van der Waals surface area contributed by atoms with Gasteiger partial charge in [0.15, 0.2) is 11.6 Å². The highest BCUT2D eigenvalue weighted by atomic mass is 79.9. The van der Waals surface area contributed by atoms with Gasteiger partial charge in [-0.15, -0.1) is 0 Å². The molecule has 0 radical (unpaired) electrons. The van der Waals surface area contributed by atoms with Gasteiger partial charge in [-0.2, -0.15) is 0 Å². The van der Waals surface area contributed by atoms with E-state index in [4.69, 9.17) is 15.2 Å². The van der Waals surface area contributed by atoms with Crippen LogP contribution in [-0.2, 0) is 0 Å². The van der Waals surface area contributed by atoms with Gasteiger partial charge in [-0.05, 0) is 28.1 Å². The zero-order valence-corrected chi connectivity index (χ0v) is 12.1. The summed E-state index contributed by atoms with van der Waals surface area (Å²) in [4.78, 5) is 7.97. The van der Waals surface area contributed by atoms with E-state index >= 15 is 0 Å². The van der Waals surface area contributed by atoms with Crippen molar-refractivity contribution in [3.05, 3.63) is 29.0 Å². The van der Waals surface area contributed by atoms with Gasteiger partial charge in [0, 0.05) is 11.8 Å². The van der Waals surface area contributed by atoms with E-state index in [1.165, 1.54) is 13.4 Å². The molecular formula is C12H13BrN4O2. The molecule has 1 heterocycles. The third-order valence-corrected chi connectivity index (χ3v) is 3.10. The summed E-state index contributed by atoms with van der Waals surface area (Å²) < 4.78 is 11.3. The first-order valence-electron chi connectivity index (χ1n) is 5.40. The van der Waals surface area contributed by atoms with E-state index in [0.29, 0.717) is 17.3 Å². The van der Waals surface area contributed by atoms with Crippen molar-refractivity contribution in [3.8, 4) is 11.5 Å². The molecule has 0 saturated carbocycles. The minimum Gasteiger partial charge on any atom is -0.495 e. The molecule has 0 aliphatic heterocycles.